The number of hydrogen-bond donors (Lipinski definition) is 1. The first-order chi connectivity index (χ1) is 17.6. The maximum absolute atomic E-state index is 12.7. The first kappa shape index (κ1) is 22.9. The van der Waals surface area contributed by atoms with E-state index in [-0.39, 0.29) is 22.4 Å². The van der Waals surface area contributed by atoms with Crippen LogP contribution in [-0.2, 0) is 4.79 Å². The van der Waals surface area contributed by atoms with E-state index in [4.69, 9.17) is 23.3 Å². The molecule has 0 saturated carbocycles. The predicted molar refractivity (Wildman–Crippen MR) is 143 cm³/mol. The number of nitrogens with two attached hydrogens (primary N) is 1. The van der Waals surface area contributed by atoms with Crippen molar-refractivity contribution in [3.05, 3.63) is 54.2 Å². The Bertz CT molecular complexity index is 1470. The number of likely N-dealkylation sites (tertiary alicyclic amines) is 1. The fourth-order valence-electron chi connectivity index (χ4n) is 4.80. The van der Waals surface area contributed by atoms with Gasteiger partial charge in [-0.05, 0) is 42.7 Å². The van der Waals surface area contributed by atoms with Crippen LogP contribution in [0.15, 0.2) is 54.2 Å². The maximum Gasteiger partial charge on any atom is 0.236 e. The fourth-order valence-corrected chi connectivity index (χ4v) is 5.70. The number of nitrogens with zero attached hydrogens (tertiary/aromatic N) is 5. The van der Waals surface area contributed by atoms with Crippen molar-refractivity contribution < 1.29 is 9.53 Å². The summed E-state index contributed by atoms with van der Waals surface area (Å²) >= 11 is 1.62. The molecule has 1 saturated heterocycles. The number of thioether (sulfide) groups is 1. The van der Waals surface area contributed by atoms with Crippen LogP contribution in [0.4, 0.5) is 5.82 Å². The van der Waals surface area contributed by atoms with Gasteiger partial charge in [0.05, 0.1) is 23.6 Å². The molecule has 3 aromatic heterocycles. The number of piperidine rings is 1. The monoisotopic (exact) mass is 496 g/mol. The number of carbonyl (C=O) groups excluding carboxylic acids is 1. The lowest BCUT2D eigenvalue weighted by Gasteiger charge is -2.33. The van der Waals surface area contributed by atoms with Crippen molar-refractivity contribution in [2.24, 2.45) is 5.92 Å². The Morgan fingerprint density at radius 2 is 2.06 bits per heavy atom. The zero-order valence-corrected chi connectivity index (χ0v) is 20.5. The second-order valence-corrected chi connectivity index (χ2v) is 10.4. The minimum absolute atomic E-state index is 0.0409. The molecule has 0 aliphatic carbocycles. The highest BCUT2D eigenvalue weighted by Gasteiger charge is 2.29. The van der Waals surface area contributed by atoms with Gasteiger partial charge in [0.2, 0.25) is 11.8 Å². The topological polar surface area (TPSA) is 98.6 Å². The Kier molecular flexibility index (Phi) is 6.04. The van der Waals surface area contributed by atoms with Gasteiger partial charge in [0.1, 0.15) is 13.7 Å². The number of rotatable bonds is 5. The van der Waals surface area contributed by atoms with Crippen molar-refractivity contribution in [2.45, 2.75) is 24.5 Å². The molecule has 0 spiro atoms. The summed E-state index contributed by atoms with van der Waals surface area (Å²) in [4.78, 5) is 23.9. The van der Waals surface area contributed by atoms with Gasteiger partial charge in [-0.3, -0.25) is 9.78 Å². The molecule has 2 aliphatic heterocycles. The van der Waals surface area contributed by atoms with Crippen LogP contribution in [0.5, 0.6) is 5.88 Å². The van der Waals surface area contributed by atoms with E-state index in [1.807, 2.05) is 40.8 Å². The van der Waals surface area contributed by atoms with Gasteiger partial charge < -0.3 is 15.4 Å². The standard InChI is InChI=1S/C26H25BN6O2S/c27-22-23(28)33-24(19(14-30-33)18-12-17-4-1-2-5-20(17)29-13-18)31-25(22)35-15-16-7-9-32(10-8-16)26(34)21-6-3-11-36-21/h1-5,11-14,16,21H,6-10,15,28H2. The van der Waals surface area contributed by atoms with Crippen LogP contribution in [0, 0.1) is 5.92 Å². The molecule has 0 bridgehead atoms. The minimum Gasteiger partial charge on any atom is -0.478 e. The van der Waals surface area contributed by atoms with Gasteiger partial charge in [0.15, 0.2) is 5.65 Å². The first-order valence-corrected chi connectivity index (χ1v) is 13.0. The number of allylic oxidation sites excluding steroid dienone is 1. The zero-order chi connectivity index (χ0) is 24.6. The highest BCUT2D eigenvalue weighted by atomic mass is 32.2. The number of amides is 1. The van der Waals surface area contributed by atoms with E-state index in [2.05, 4.69) is 22.2 Å². The van der Waals surface area contributed by atoms with Gasteiger partial charge in [0.25, 0.3) is 0 Å². The molecule has 1 aromatic carbocycles. The van der Waals surface area contributed by atoms with Gasteiger partial charge in [-0.1, -0.05) is 24.3 Å². The number of carbonyl (C=O) groups is 1. The van der Waals surface area contributed by atoms with Crippen LogP contribution in [0.25, 0.3) is 27.7 Å². The molecule has 36 heavy (non-hydrogen) atoms. The van der Waals surface area contributed by atoms with Crippen LogP contribution in [-0.4, -0.2) is 63.2 Å². The van der Waals surface area contributed by atoms with Crippen LogP contribution >= 0.6 is 11.8 Å². The fraction of sp³-hybridized carbons (Fsp3) is 0.308. The molecule has 10 heteroatoms. The summed E-state index contributed by atoms with van der Waals surface area (Å²) in [6.45, 7) is 1.96. The summed E-state index contributed by atoms with van der Waals surface area (Å²) in [6.07, 6.45) is 8.19. The van der Waals surface area contributed by atoms with Crippen molar-refractivity contribution in [2.75, 3.05) is 25.4 Å². The molecule has 2 N–H and O–H groups in total. The molecule has 6 rings (SSSR count). The Balaban J connectivity index is 1.18. The normalized spacial score (nSPS) is 18.3. The molecule has 1 fully saturated rings. The summed E-state index contributed by atoms with van der Waals surface area (Å²) in [5.41, 5.74) is 9.76. The molecule has 4 aromatic rings. The first-order valence-electron chi connectivity index (χ1n) is 12.1. The van der Waals surface area contributed by atoms with Crippen molar-refractivity contribution >= 4 is 53.3 Å². The van der Waals surface area contributed by atoms with Gasteiger partial charge in [0, 0.05) is 41.3 Å². The van der Waals surface area contributed by atoms with Crippen LogP contribution in [0.2, 0.25) is 0 Å². The molecule has 1 amide bonds. The molecular weight excluding hydrogens is 471 g/mol. The lowest BCUT2D eigenvalue weighted by atomic mass is 9.96. The second kappa shape index (κ2) is 9.50. The number of pyridine rings is 1. The van der Waals surface area contributed by atoms with Gasteiger partial charge in [-0.25, -0.2) is 0 Å². The highest BCUT2D eigenvalue weighted by Crippen LogP contribution is 2.29. The van der Waals surface area contributed by atoms with Gasteiger partial charge in [-0.15, -0.1) is 11.8 Å². The molecule has 2 aliphatic rings. The van der Waals surface area contributed by atoms with E-state index < -0.39 is 0 Å². The summed E-state index contributed by atoms with van der Waals surface area (Å²) in [5.74, 6) is 1.15. The Morgan fingerprint density at radius 1 is 1.22 bits per heavy atom. The molecule has 180 valence electrons. The summed E-state index contributed by atoms with van der Waals surface area (Å²) in [6, 6.07) is 10.0. The Morgan fingerprint density at radius 3 is 2.86 bits per heavy atom. The molecule has 1 unspecified atom stereocenters. The van der Waals surface area contributed by atoms with Crippen LogP contribution in [0.1, 0.15) is 19.3 Å². The van der Waals surface area contributed by atoms with Crippen LogP contribution in [0.3, 0.4) is 0 Å². The molecule has 1 atom stereocenters. The lowest BCUT2D eigenvalue weighted by molar-refractivity contribution is -0.132. The maximum atomic E-state index is 12.7. The number of ether oxygens (including phenoxy) is 1. The van der Waals surface area contributed by atoms with Crippen molar-refractivity contribution in [3.8, 4) is 17.0 Å². The number of hydrogen-bond acceptors (Lipinski definition) is 7. The zero-order valence-electron chi connectivity index (χ0n) is 19.7. The number of fused-ring (bicyclic) bond motifs is 2. The number of aromatic nitrogens is 4. The van der Waals surface area contributed by atoms with Crippen molar-refractivity contribution in [3.63, 3.8) is 0 Å². The third-order valence-electron chi connectivity index (χ3n) is 6.93. The van der Waals surface area contributed by atoms with E-state index >= 15 is 0 Å². The van der Waals surface area contributed by atoms with Crippen LogP contribution < -0.4 is 15.9 Å². The highest BCUT2D eigenvalue weighted by molar-refractivity contribution is 8.03. The van der Waals surface area contributed by atoms with E-state index in [1.54, 1.807) is 18.0 Å². The van der Waals surface area contributed by atoms with E-state index in [0.717, 1.165) is 54.4 Å². The number of nitrogen functional groups attached to an aromatic ring is 1. The van der Waals surface area contributed by atoms with Gasteiger partial charge >= 0.3 is 0 Å². The smallest absolute Gasteiger partial charge is 0.236 e. The summed E-state index contributed by atoms with van der Waals surface area (Å²) < 4.78 is 7.64. The van der Waals surface area contributed by atoms with Gasteiger partial charge in [-0.2, -0.15) is 14.6 Å². The average Bonchev–Trinajstić information content (AvgIpc) is 3.60. The van der Waals surface area contributed by atoms with E-state index in [9.17, 15) is 4.79 Å². The molecular formula is C26H25BN6O2S. The number of para-hydroxylation sites is 1. The largest absolute Gasteiger partial charge is 0.478 e. The minimum atomic E-state index is 0.0409. The Hall–Kier alpha value is -3.53. The third kappa shape index (κ3) is 4.19. The number of benzene rings is 1. The van der Waals surface area contributed by atoms with Crippen molar-refractivity contribution in [1.82, 2.24) is 24.5 Å². The molecule has 5 heterocycles. The molecule has 8 nitrogen and oxygen atoms in total. The number of anilines is 1. The van der Waals surface area contributed by atoms with E-state index in [1.165, 1.54) is 4.52 Å². The lowest BCUT2D eigenvalue weighted by Crippen LogP contribution is -2.43. The second-order valence-electron chi connectivity index (χ2n) is 9.24. The predicted octanol–water partition coefficient (Wildman–Crippen LogP) is 2.96. The van der Waals surface area contributed by atoms with Crippen molar-refractivity contribution in [1.29, 1.82) is 0 Å². The summed E-state index contributed by atoms with van der Waals surface area (Å²) in [7, 11) is 6.27. The third-order valence-corrected chi connectivity index (χ3v) is 8.01. The average molecular weight is 496 g/mol. The Labute approximate surface area is 214 Å². The SMILES string of the molecule is [B]c1c(OCC2CCN(C(=O)C3CC=CS3)CC2)nc2c(-c3cnc4ccccc4c3)cnn2c1N. The van der Waals surface area contributed by atoms with E-state index in [0.29, 0.717) is 24.1 Å². The quantitative estimate of drug-likeness (QED) is 0.424. The summed E-state index contributed by atoms with van der Waals surface area (Å²) in [5, 5.41) is 7.50. The molecule has 2 radical (unpaired) electrons.